The molecule has 8 aromatic rings. The summed E-state index contributed by atoms with van der Waals surface area (Å²) >= 11 is 0. The average molecular weight is 850 g/mol. The monoisotopic (exact) mass is 850 g/mol. The van der Waals surface area contributed by atoms with Crippen molar-refractivity contribution in [2.24, 2.45) is 10.8 Å². The molecule has 0 spiro atoms. The number of furan rings is 1. The number of hydrogen-bond acceptors (Lipinski definition) is 3. The summed E-state index contributed by atoms with van der Waals surface area (Å²) in [6, 6.07) is 45.4. The van der Waals surface area contributed by atoms with E-state index in [1.165, 1.54) is 0 Å². The molecule has 0 amide bonds. The maximum Gasteiger partial charge on any atom is 0.120 e. The number of para-hydroxylation sites is 3. The maximum atomic E-state index is 8.68. The molecule has 8 rings (SSSR count). The summed E-state index contributed by atoms with van der Waals surface area (Å²) in [5.41, 5.74) is 7.31. The third-order valence-electron chi connectivity index (χ3n) is 8.05. The third kappa shape index (κ3) is 8.22. The predicted octanol–water partition coefficient (Wildman–Crippen LogP) is 12.3. The zero-order valence-corrected chi connectivity index (χ0v) is 32.1. The first-order valence-corrected chi connectivity index (χ1v) is 16.9. The topological polar surface area (TPSA) is 43.9 Å². The van der Waals surface area contributed by atoms with E-state index in [0.717, 1.165) is 60.9 Å². The van der Waals surface area contributed by atoms with Crippen molar-refractivity contribution in [1.29, 1.82) is 0 Å². The molecule has 0 fully saturated rings. The van der Waals surface area contributed by atoms with Crippen LogP contribution in [0.2, 0.25) is 0 Å². The Bertz CT molecular complexity index is 2580. The molecule has 0 saturated carbocycles. The van der Waals surface area contributed by atoms with Crippen molar-refractivity contribution in [3.05, 3.63) is 145 Å². The quantitative estimate of drug-likeness (QED) is 0.162. The van der Waals surface area contributed by atoms with Gasteiger partial charge in [-0.3, -0.25) is 4.98 Å². The van der Waals surface area contributed by atoms with Crippen LogP contribution in [0, 0.1) is 23.0 Å². The number of aromatic nitrogens is 3. The fourth-order valence-electron chi connectivity index (χ4n) is 5.99. The van der Waals surface area contributed by atoms with Gasteiger partial charge in [0.15, 0.2) is 0 Å². The number of nitrogens with zero attached hydrogens (tertiary/aromatic N) is 3. The second kappa shape index (κ2) is 14.8. The first-order valence-electron chi connectivity index (χ1n) is 18.9. The molecular weight excluding hydrogens is 803 g/mol. The van der Waals surface area contributed by atoms with Crippen molar-refractivity contribution in [2.45, 2.75) is 54.4 Å². The molecule has 0 unspecified atom stereocenters. The van der Waals surface area contributed by atoms with Gasteiger partial charge >= 0.3 is 0 Å². The Morgan fingerprint density at radius 1 is 0.725 bits per heavy atom. The number of fused-ring (bicyclic) bond motifs is 4. The molecule has 3 aromatic heterocycles. The minimum atomic E-state index is -1.58. The molecule has 0 saturated heterocycles. The summed E-state index contributed by atoms with van der Waals surface area (Å²) < 4.78 is 42.2. The number of benzene rings is 5. The van der Waals surface area contributed by atoms with Crippen molar-refractivity contribution in [3.8, 4) is 33.8 Å². The number of hydrogen-bond donors (Lipinski definition) is 0. The molecule has 5 heteroatoms. The van der Waals surface area contributed by atoms with Crippen LogP contribution in [-0.2, 0) is 33.0 Å². The zero-order valence-electron chi connectivity index (χ0n) is 33.7. The van der Waals surface area contributed by atoms with Crippen LogP contribution in [0.1, 0.15) is 52.6 Å². The Morgan fingerprint density at radius 3 is 2.22 bits per heavy atom. The van der Waals surface area contributed by atoms with Crippen molar-refractivity contribution in [3.63, 3.8) is 0 Å². The van der Waals surface area contributed by atoms with Crippen LogP contribution in [-0.4, -0.2) is 14.5 Å². The number of pyridine rings is 1. The maximum absolute atomic E-state index is 8.68. The minimum Gasteiger partial charge on any atom is -0.501 e. The molecule has 0 N–H and O–H groups in total. The van der Waals surface area contributed by atoms with E-state index in [1.807, 2.05) is 157 Å². The molecule has 0 aliphatic heterocycles. The van der Waals surface area contributed by atoms with E-state index in [9.17, 15) is 0 Å². The molecule has 3 heterocycles. The van der Waals surface area contributed by atoms with Crippen LogP contribution in [0.5, 0.6) is 0 Å². The number of imidazole rings is 1. The molecule has 51 heavy (non-hydrogen) atoms. The molecule has 5 aromatic carbocycles. The molecule has 1 radical (unpaired) electrons. The van der Waals surface area contributed by atoms with Crippen LogP contribution in [0.15, 0.2) is 132 Å². The molecule has 259 valence electrons. The Balaban J connectivity index is 0.000000196. The van der Waals surface area contributed by atoms with Gasteiger partial charge in [-0.2, -0.15) is 0 Å². The predicted molar refractivity (Wildman–Crippen MR) is 208 cm³/mol. The summed E-state index contributed by atoms with van der Waals surface area (Å²) in [5, 5.41) is 2.13. The van der Waals surface area contributed by atoms with Crippen molar-refractivity contribution in [1.82, 2.24) is 14.5 Å². The molecular formula is C46H43IrN3O-2. The first-order chi connectivity index (χ1) is 25.6. The van der Waals surface area contributed by atoms with E-state index in [1.54, 1.807) is 10.8 Å². The smallest absolute Gasteiger partial charge is 0.120 e. The summed E-state index contributed by atoms with van der Waals surface area (Å²) in [6.45, 7) is 9.89. The Labute approximate surface area is 320 Å². The second-order valence-electron chi connectivity index (χ2n) is 14.5. The van der Waals surface area contributed by atoms with Crippen LogP contribution in [0.4, 0.5) is 0 Å². The third-order valence-corrected chi connectivity index (χ3v) is 8.05. The van der Waals surface area contributed by atoms with Crippen molar-refractivity contribution < 1.29 is 30.0 Å². The van der Waals surface area contributed by atoms with Gasteiger partial charge in [-0.1, -0.05) is 113 Å². The van der Waals surface area contributed by atoms with Crippen molar-refractivity contribution in [2.75, 3.05) is 0 Å². The zero-order chi connectivity index (χ0) is 38.5. The van der Waals surface area contributed by atoms with Crippen LogP contribution < -0.4 is 0 Å². The summed E-state index contributed by atoms with van der Waals surface area (Å²) in [7, 11) is 0. The van der Waals surface area contributed by atoms with E-state index in [-0.39, 0.29) is 20.1 Å². The Hall–Kier alpha value is -4.83. The van der Waals surface area contributed by atoms with Crippen LogP contribution in [0.3, 0.4) is 0 Å². The molecule has 0 aliphatic carbocycles. The fraction of sp³-hybridized carbons (Fsp3) is 0.217. The van der Waals surface area contributed by atoms with Crippen molar-refractivity contribution >= 4 is 33.0 Å². The van der Waals surface area contributed by atoms with Gasteiger partial charge in [0.2, 0.25) is 0 Å². The van der Waals surface area contributed by atoms with E-state index < -0.39 is 23.7 Å². The minimum absolute atomic E-state index is 0. The second-order valence-corrected chi connectivity index (χ2v) is 14.5. The van der Waals surface area contributed by atoms with Gasteiger partial charge < -0.3 is 14.0 Å². The van der Waals surface area contributed by atoms with Gasteiger partial charge in [-0.25, -0.2) is 0 Å². The SMILES string of the molecule is [2H]C([2H])(c1ccc(-c2ccnc(-c3[c-]ccc4c3oc3ccccc34)c2)cc1)C(C)(C)C.[2H]C([2H])(n1c(-c2[c-]cccc2)nc2ccccc21)C(C)(C)C.[Ir]. The van der Waals surface area contributed by atoms with Gasteiger partial charge in [-0.15, -0.1) is 54.1 Å². The van der Waals surface area contributed by atoms with E-state index in [0.29, 0.717) is 11.4 Å². The standard InChI is InChI=1S/C28H24NO.C18H19N2.Ir/c1-28(2,3)18-19-11-13-20(14-12-19)21-15-16-29-25(17-21)24-9-6-8-23-22-7-4-5-10-26(22)30-27(23)24;1-18(2,3)13-20-16-12-8-7-11-15(16)19-17(20)14-9-5-4-6-10-14;/h4-8,10-17H,18H2,1-3H3;4-9,11-12H,13H2,1-3H3;/q2*-1;/i18D2;13D2;. The van der Waals surface area contributed by atoms with E-state index >= 15 is 0 Å². The molecule has 0 bridgehead atoms. The van der Waals surface area contributed by atoms with E-state index in [2.05, 4.69) is 28.2 Å². The van der Waals surface area contributed by atoms with Gasteiger partial charge in [0.25, 0.3) is 0 Å². The summed E-state index contributed by atoms with van der Waals surface area (Å²) in [6.07, 6.45) is 0.378. The molecule has 0 aliphatic rings. The van der Waals surface area contributed by atoms with Crippen LogP contribution in [0.25, 0.3) is 66.7 Å². The molecule has 4 nitrogen and oxygen atoms in total. The van der Waals surface area contributed by atoms with Crippen LogP contribution >= 0.6 is 0 Å². The average Bonchev–Trinajstić information content (AvgIpc) is 3.74. The van der Waals surface area contributed by atoms with Gasteiger partial charge in [0, 0.05) is 43.7 Å². The van der Waals surface area contributed by atoms with E-state index in [4.69, 9.17) is 9.90 Å². The first kappa shape index (κ1) is 30.9. The summed E-state index contributed by atoms with van der Waals surface area (Å²) in [5.74, 6) is 0.613. The largest absolute Gasteiger partial charge is 0.501 e. The molecule has 0 atom stereocenters. The number of rotatable bonds is 5. The van der Waals surface area contributed by atoms with Gasteiger partial charge in [0.1, 0.15) is 5.58 Å². The fourth-order valence-corrected chi connectivity index (χ4v) is 5.99. The summed E-state index contributed by atoms with van der Waals surface area (Å²) in [4.78, 5) is 9.25. The normalized spacial score (nSPS) is 13.5. The van der Waals surface area contributed by atoms with Gasteiger partial charge in [0.05, 0.1) is 22.4 Å². The Kier molecular flexibility index (Phi) is 8.98. The Morgan fingerprint density at radius 2 is 1.47 bits per heavy atom. The van der Waals surface area contributed by atoms with Gasteiger partial charge in [-0.05, 0) is 63.9 Å².